The van der Waals surface area contributed by atoms with Gasteiger partial charge in [0.05, 0.1) is 0 Å². The molecule has 0 aliphatic carbocycles. The van der Waals surface area contributed by atoms with E-state index in [-0.39, 0.29) is 0 Å². The fourth-order valence-electron chi connectivity index (χ4n) is 1.03. The Morgan fingerprint density at radius 2 is 1.92 bits per heavy atom. The summed E-state index contributed by atoms with van der Waals surface area (Å²) in [5, 5.41) is 2.18. The van der Waals surface area contributed by atoms with Gasteiger partial charge >= 0.3 is 0 Å². The highest BCUT2D eigenvalue weighted by molar-refractivity contribution is 8.00. The van der Waals surface area contributed by atoms with E-state index in [0.717, 1.165) is 8.58 Å². The van der Waals surface area contributed by atoms with Crippen molar-refractivity contribution >= 4 is 25.6 Å². The standard InChI is InChI=1S/C10H15PS/c1-8(2)12-10-7-5-4-6-9(10)11-3/h4-8,11H,1-3H3. The van der Waals surface area contributed by atoms with Gasteiger partial charge in [0.15, 0.2) is 0 Å². The molecule has 0 fully saturated rings. The maximum Gasteiger partial charge on any atom is 0.0149 e. The molecule has 0 bridgehead atoms. The summed E-state index contributed by atoms with van der Waals surface area (Å²) in [7, 11) is 0.908. The smallest absolute Gasteiger partial charge is 0.0149 e. The maximum absolute atomic E-state index is 2.24. The van der Waals surface area contributed by atoms with Crippen molar-refractivity contribution in [2.24, 2.45) is 0 Å². The van der Waals surface area contributed by atoms with Crippen LogP contribution in [0.5, 0.6) is 0 Å². The van der Waals surface area contributed by atoms with Crippen molar-refractivity contribution in [1.29, 1.82) is 0 Å². The van der Waals surface area contributed by atoms with Crippen LogP contribution >= 0.6 is 20.3 Å². The zero-order chi connectivity index (χ0) is 8.97. The minimum Gasteiger partial charge on any atom is -0.123 e. The van der Waals surface area contributed by atoms with E-state index in [1.54, 1.807) is 0 Å². The van der Waals surface area contributed by atoms with E-state index in [1.807, 2.05) is 11.8 Å². The number of rotatable bonds is 3. The molecule has 0 nitrogen and oxygen atoms in total. The number of hydrogen-bond acceptors (Lipinski definition) is 1. The van der Waals surface area contributed by atoms with Gasteiger partial charge in [-0.15, -0.1) is 11.8 Å². The molecule has 1 rings (SSSR count). The fraction of sp³-hybridized carbons (Fsp3) is 0.400. The van der Waals surface area contributed by atoms with Gasteiger partial charge in [0.25, 0.3) is 0 Å². The van der Waals surface area contributed by atoms with E-state index < -0.39 is 0 Å². The van der Waals surface area contributed by atoms with Crippen LogP contribution in [0.3, 0.4) is 0 Å². The van der Waals surface area contributed by atoms with E-state index in [9.17, 15) is 0 Å². The second kappa shape index (κ2) is 4.89. The predicted molar refractivity (Wildman–Crippen MR) is 61.3 cm³/mol. The molecule has 0 amide bonds. The summed E-state index contributed by atoms with van der Waals surface area (Å²) in [6.07, 6.45) is 0. The number of thioether (sulfide) groups is 1. The highest BCUT2D eigenvalue weighted by Crippen LogP contribution is 2.24. The van der Waals surface area contributed by atoms with Gasteiger partial charge in [0, 0.05) is 10.1 Å². The van der Waals surface area contributed by atoms with Gasteiger partial charge in [-0.3, -0.25) is 0 Å². The first-order valence-corrected chi connectivity index (χ1v) is 6.55. The topological polar surface area (TPSA) is 0 Å². The Hall–Kier alpha value is -0.0000000000000000555. The molecule has 0 saturated carbocycles. The van der Waals surface area contributed by atoms with Gasteiger partial charge in [0.2, 0.25) is 0 Å². The molecule has 1 aromatic carbocycles. The first kappa shape index (κ1) is 10.1. The highest BCUT2D eigenvalue weighted by Gasteiger charge is 2.01. The van der Waals surface area contributed by atoms with E-state index in [1.165, 1.54) is 10.2 Å². The third-order valence-corrected chi connectivity index (χ3v) is 3.76. The summed E-state index contributed by atoms with van der Waals surface area (Å²) in [6, 6.07) is 8.68. The Kier molecular flexibility index (Phi) is 4.11. The average Bonchev–Trinajstić information content (AvgIpc) is 2.04. The lowest BCUT2D eigenvalue weighted by atomic mass is 10.4. The van der Waals surface area contributed by atoms with Gasteiger partial charge in [-0.25, -0.2) is 0 Å². The maximum atomic E-state index is 2.24. The predicted octanol–water partition coefficient (Wildman–Crippen LogP) is 3.12. The van der Waals surface area contributed by atoms with Gasteiger partial charge in [0.1, 0.15) is 0 Å². The highest BCUT2D eigenvalue weighted by atomic mass is 32.2. The Morgan fingerprint density at radius 3 is 2.50 bits per heavy atom. The van der Waals surface area contributed by atoms with Crippen LogP contribution in [0.2, 0.25) is 0 Å². The molecule has 66 valence electrons. The second-order valence-electron chi connectivity index (χ2n) is 2.91. The second-order valence-corrected chi connectivity index (χ2v) is 5.57. The quantitative estimate of drug-likeness (QED) is 0.531. The zero-order valence-corrected chi connectivity index (χ0v) is 9.61. The minimum absolute atomic E-state index is 0.683. The molecule has 0 spiro atoms. The van der Waals surface area contributed by atoms with Crippen LogP contribution in [0.1, 0.15) is 13.8 Å². The lowest BCUT2D eigenvalue weighted by Gasteiger charge is -2.08. The summed E-state index contributed by atoms with van der Waals surface area (Å²) in [4.78, 5) is 1.45. The van der Waals surface area contributed by atoms with Gasteiger partial charge < -0.3 is 0 Å². The molecule has 12 heavy (non-hydrogen) atoms. The molecular formula is C10H15PS. The first-order chi connectivity index (χ1) is 5.74. The molecular weight excluding hydrogens is 183 g/mol. The van der Waals surface area contributed by atoms with E-state index in [4.69, 9.17) is 0 Å². The average molecular weight is 198 g/mol. The lowest BCUT2D eigenvalue weighted by Crippen LogP contribution is -1.99. The van der Waals surface area contributed by atoms with Crippen LogP contribution in [-0.2, 0) is 0 Å². The molecule has 0 N–H and O–H groups in total. The summed E-state index contributed by atoms with van der Waals surface area (Å²) < 4.78 is 0. The minimum atomic E-state index is 0.683. The van der Waals surface area contributed by atoms with Crippen molar-refractivity contribution in [3.05, 3.63) is 24.3 Å². The SMILES string of the molecule is CPc1ccccc1SC(C)C. The first-order valence-electron chi connectivity index (χ1n) is 4.17. The lowest BCUT2D eigenvalue weighted by molar-refractivity contribution is 1.11. The summed E-state index contributed by atoms with van der Waals surface area (Å²) in [5.41, 5.74) is 0. The molecule has 0 heterocycles. The normalized spacial score (nSPS) is 11.7. The monoisotopic (exact) mass is 198 g/mol. The molecule has 0 saturated heterocycles. The molecule has 1 aromatic rings. The van der Waals surface area contributed by atoms with Crippen LogP contribution in [0.4, 0.5) is 0 Å². The molecule has 2 heteroatoms. The van der Waals surface area contributed by atoms with Crippen LogP contribution in [0.25, 0.3) is 0 Å². The largest absolute Gasteiger partial charge is 0.123 e. The van der Waals surface area contributed by atoms with Crippen molar-refractivity contribution in [3.8, 4) is 0 Å². The van der Waals surface area contributed by atoms with Crippen molar-refractivity contribution < 1.29 is 0 Å². The van der Waals surface area contributed by atoms with Crippen LogP contribution < -0.4 is 5.30 Å². The van der Waals surface area contributed by atoms with Crippen molar-refractivity contribution in [3.63, 3.8) is 0 Å². The molecule has 1 unspecified atom stereocenters. The summed E-state index contributed by atoms with van der Waals surface area (Å²) in [5.74, 6) is 0. The van der Waals surface area contributed by atoms with Gasteiger partial charge in [-0.05, 0) is 18.0 Å². The summed E-state index contributed by atoms with van der Waals surface area (Å²) in [6.45, 7) is 6.71. The van der Waals surface area contributed by atoms with Gasteiger partial charge in [-0.1, -0.05) is 40.6 Å². The van der Waals surface area contributed by atoms with E-state index in [2.05, 4.69) is 44.8 Å². The Balaban J connectivity index is 2.82. The van der Waals surface area contributed by atoms with E-state index >= 15 is 0 Å². The molecule has 1 atom stereocenters. The molecule has 0 aromatic heterocycles. The number of hydrogen-bond donors (Lipinski definition) is 0. The van der Waals surface area contributed by atoms with Crippen molar-refractivity contribution in [2.45, 2.75) is 24.0 Å². The Bertz CT molecular complexity index is 245. The molecule has 0 radical (unpaired) electrons. The zero-order valence-electron chi connectivity index (χ0n) is 7.79. The third kappa shape index (κ3) is 2.80. The number of benzene rings is 1. The molecule has 0 aliphatic heterocycles. The third-order valence-electron chi connectivity index (χ3n) is 1.52. The fourth-order valence-corrected chi connectivity index (χ4v) is 2.97. The van der Waals surface area contributed by atoms with Crippen LogP contribution in [0.15, 0.2) is 29.2 Å². The van der Waals surface area contributed by atoms with Crippen molar-refractivity contribution in [2.75, 3.05) is 6.66 Å². The molecule has 0 aliphatic rings. The van der Waals surface area contributed by atoms with Crippen LogP contribution in [-0.4, -0.2) is 11.9 Å². The van der Waals surface area contributed by atoms with Gasteiger partial charge in [-0.2, -0.15) is 0 Å². The Labute approximate surface area is 80.9 Å². The van der Waals surface area contributed by atoms with E-state index in [0.29, 0.717) is 5.25 Å². The van der Waals surface area contributed by atoms with Crippen molar-refractivity contribution in [1.82, 2.24) is 0 Å². The van der Waals surface area contributed by atoms with Crippen LogP contribution in [0, 0.1) is 0 Å². The Morgan fingerprint density at radius 1 is 1.25 bits per heavy atom. The summed E-state index contributed by atoms with van der Waals surface area (Å²) >= 11 is 1.96.